The van der Waals surface area contributed by atoms with Crippen LogP contribution in [0.1, 0.15) is 31.7 Å². The van der Waals surface area contributed by atoms with Gasteiger partial charge in [-0.2, -0.15) is 0 Å². The lowest BCUT2D eigenvalue weighted by atomic mass is 10.0. The Hall–Kier alpha value is -1.83. The molecule has 1 N–H and O–H groups in total. The van der Waals surface area contributed by atoms with Gasteiger partial charge in [0.05, 0.1) is 0 Å². The van der Waals surface area contributed by atoms with Gasteiger partial charge in [-0.25, -0.2) is 0 Å². The van der Waals surface area contributed by atoms with Crippen molar-refractivity contribution >= 4 is 16.7 Å². The number of nitrogens with one attached hydrogen (secondary N) is 1. The molecule has 2 heteroatoms. The first-order chi connectivity index (χ1) is 9.23. The van der Waals surface area contributed by atoms with E-state index in [1.165, 1.54) is 16.3 Å². The van der Waals surface area contributed by atoms with Gasteiger partial charge in [0, 0.05) is 12.0 Å². The van der Waals surface area contributed by atoms with E-state index in [0.717, 1.165) is 19.3 Å². The molecular weight excluding hydrogens is 234 g/mol. The molecule has 2 aromatic rings. The molecule has 0 aliphatic heterocycles. The fraction of sp³-hybridized carbons (Fsp3) is 0.353. The monoisotopic (exact) mass is 253 g/mol. The predicted octanol–water partition coefficient (Wildman–Crippen LogP) is 3.65. The molecule has 1 amide bonds. The van der Waals surface area contributed by atoms with E-state index in [-0.39, 0.29) is 11.3 Å². The first-order valence-corrected chi connectivity index (χ1v) is 6.99. The Morgan fingerprint density at radius 3 is 2.58 bits per heavy atom. The van der Waals surface area contributed by atoms with Crippen LogP contribution in [0.15, 0.2) is 42.5 Å². The second kappa shape index (κ2) is 4.69. The molecule has 19 heavy (non-hydrogen) atoms. The van der Waals surface area contributed by atoms with Gasteiger partial charge in [0.2, 0.25) is 5.91 Å². The molecule has 3 rings (SSSR count). The lowest BCUT2D eigenvalue weighted by Gasteiger charge is -2.13. The highest BCUT2D eigenvalue weighted by molar-refractivity contribution is 5.86. The number of amides is 1. The number of fused-ring (bicyclic) bond motifs is 1. The van der Waals surface area contributed by atoms with Gasteiger partial charge < -0.3 is 5.32 Å². The van der Waals surface area contributed by atoms with Crippen molar-refractivity contribution in [3.63, 3.8) is 0 Å². The van der Waals surface area contributed by atoms with Crippen molar-refractivity contribution in [1.29, 1.82) is 0 Å². The van der Waals surface area contributed by atoms with Crippen LogP contribution in [0.2, 0.25) is 0 Å². The fourth-order valence-electron chi connectivity index (χ4n) is 2.61. The van der Waals surface area contributed by atoms with E-state index >= 15 is 0 Å². The van der Waals surface area contributed by atoms with Crippen LogP contribution in [0.25, 0.3) is 10.8 Å². The second-order valence-electron chi connectivity index (χ2n) is 5.50. The summed E-state index contributed by atoms with van der Waals surface area (Å²) in [6.07, 6.45) is 3.05. The van der Waals surface area contributed by atoms with Crippen molar-refractivity contribution in [2.24, 2.45) is 5.41 Å². The molecule has 0 spiro atoms. The van der Waals surface area contributed by atoms with E-state index < -0.39 is 0 Å². The lowest BCUT2D eigenvalue weighted by Crippen LogP contribution is -2.31. The third-order valence-corrected chi connectivity index (χ3v) is 4.28. The molecule has 0 bridgehead atoms. The van der Waals surface area contributed by atoms with Gasteiger partial charge in [0.25, 0.3) is 0 Å². The van der Waals surface area contributed by atoms with Crippen molar-refractivity contribution in [1.82, 2.24) is 5.32 Å². The summed E-state index contributed by atoms with van der Waals surface area (Å²) in [6, 6.07) is 14.7. The van der Waals surface area contributed by atoms with Gasteiger partial charge >= 0.3 is 0 Å². The molecule has 0 unspecified atom stereocenters. The van der Waals surface area contributed by atoms with Crippen LogP contribution in [0.5, 0.6) is 0 Å². The third-order valence-electron chi connectivity index (χ3n) is 4.28. The van der Waals surface area contributed by atoms with Crippen molar-refractivity contribution in [2.75, 3.05) is 0 Å². The number of hydrogen-bond acceptors (Lipinski definition) is 1. The Morgan fingerprint density at radius 2 is 1.89 bits per heavy atom. The summed E-state index contributed by atoms with van der Waals surface area (Å²) in [5.41, 5.74) is 1.12. The third kappa shape index (κ3) is 2.35. The van der Waals surface area contributed by atoms with Gasteiger partial charge in [0.1, 0.15) is 0 Å². The largest absolute Gasteiger partial charge is 0.352 e. The molecule has 1 aliphatic rings. The molecule has 1 aliphatic carbocycles. The van der Waals surface area contributed by atoms with Crippen molar-refractivity contribution in [3.8, 4) is 0 Å². The Morgan fingerprint density at radius 1 is 1.16 bits per heavy atom. The fourth-order valence-corrected chi connectivity index (χ4v) is 2.61. The van der Waals surface area contributed by atoms with E-state index in [2.05, 4.69) is 42.6 Å². The zero-order valence-electron chi connectivity index (χ0n) is 11.3. The maximum Gasteiger partial charge on any atom is 0.226 e. The molecule has 2 nitrogen and oxygen atoms in total. The van der Waals surface area contributed by atoms with E-state index in [9.17, 15) is 4.79 Å². The molecule has 98 valence electrons. The molecule has 2 aromatic carbocycles. The average molecular weight is 253 g/mol. The van der Waals surface area contributed by atoms with Gasteiger partial charge in [-0.3, -0.25) is 4.79 Å². The van der Waals surface area contributed by atoms with Crippen molar-refractivity contribution in [3.05, 3.63) is 48.0 Å². The minimum absolute atomic E-state index is 0.0448. The zero-order valence-corrected chi connectivity index (χ0v) is 11.3. The Balaban J connectivity index is 1.70. The number of carbonyl (C=O) groups excluding carboxylic acids is 1. The highest BCUT2D eigenvalue weighted by atomic mass is 16.2. The predicted molar refractivity (Wildman–Crippen MR) is 77.8 cm³/mol. The molecule has 0 saturated heterocycles. The number of hydrogen-bond donors (Lipinski definition) is 1. The van der Waals surface area contributed by atoms with E-state index in [1.54, 1.807) is 0 Å². The Labute approximate surface area is 113 Å². The number of benzene rings is 2. The highest BCUT2D eigenvalue weighted by Gasteiger charge is 2.47. The van der Waals surface area contributed by atoms with Crippen LogP contribution in [0.3, 0.4) is 0 Å². The Kier molecular flexibility index (Phi) is 3.02. The Bertz CT molecular complexity index is 613. The quantitative estimate of drug-likeness (QED) is 0.885. The van der Waals surface area contributed by atoms with Crippen LogP contribution >= 0.6 is 0 Å². The first kappa shape index (κ1) is 12.2. The molecule has 0 heterocycles. The van der Waals surface area contributed by atoms with Crippen LogP contribution in [-0.4, -0.2) is 5.91 Å². The average Bonchev–Trinajstić information content (AvgIpc) is 3.25. The van der Waals surface area contributed by atoms with Gasteiger partial charge in [0.15, 0.2) is 0 Å². The normalized spacial score (nSPS) is 16.3. The summed E-state index contributed by atoms with van der Waals surface area (Å²) < 4.78 is 0. The van der Waals surface area contributed by atoms with Crippen LogP contribution < -0.4 is 5.32 Å². The standard InChI is InChI=1S/C17H19NO/c1-2-17(9-10-17)16(19)18-12-13-7-8-14-5-3-4-6-15(14)11-13/h3-8,11H,2,9-10,12H2,1H3,(H,18,19). The van der Waals surface area contributed by atoms with Gasteiger partial charge in [-0.1, -0.05) is 43.3 Å². The van der Waals surface area contributed by atoms with Gasteiger partial charge in [-0.15, -0.1) is 0 Å². The van der Waals surface area contributed by atoms with Crippen LogP contribution in [-0.2, 0) is 11.3 Å². The summed E-state index contributed by atoms with van der Waals surface area (Å²) >= 11 is 0. The minimum Gasteiger partial charge on any atom is -0.352 e. The molecule has 0 radical (unpaired) electrons. The molecule has 0 atom stereocenters. The molecule has 1 fully saturated rings. The maximum absolute atomic E-state index is 12.1. The summed E-state index contributed by atoms with van der Waals surface area (Å²) in [7, 11) is 0. The summed E-state index contributed by atoms with van der Waals surface area (Å²) in [5, 5.41) is 5.55. The number of carbonyl (C=O) groups is 1. The van der Waals surface area contributed by atoms with Crippen LogP contribution in [0.4, 0.5) is 0 Å². The van der Waals surface area contributed by atoms with E-state index in [4.69, 9.17) is 0 Å². The summed E-state index contributed by atoms with van der Waals surface area (Å²) in [4.78, 5) is 12.1. The summed E-state index contributed by atoms with van der Waals surface area (Å²) in [6.45, 7) is 2.73. The summed E-state index contributed by atoms with van der Waals surface area (Å²) in [5.74, 6) is 0.225. The first-order valence-electron chi connectivity index (χ1n) is 6.99. The van der Waals surface area contributed by atoms with E-state index in [1.807, 2.05) is 12.1 Å². The van der Waals surface area contributed by atoms with Gasteiger partial charge in [-0.05, 0) is 41.7 Å². The topological polar surface area (TPSA) is 29.1 Å². The van der Waals surface area contributed by atoms with E-state index in [0.29, 0.717) is 6.54 Å². The highest BCUT2D eigenvalue weighted by Crippen LogP contribution is 2.48. The molecule has 0 aromatic heterocycles. The smallest absolute Gasteiger partial charge is 0.226 e. The maximum atomic E-state index is 12.1. The molecule has 1 saturated carbocycles. The SMILES string of the molecule is CCC1(C(=O)NCc2ccc3ccccc3c2)CC1. The minimum atomic E-state index is -0.0448. The van der Waals surface area contributed by atoms with Crippen molar-refractivity contribution < 1.29 is 4.79 Å². The number of rotatable bonds is 4. The van der Waals surface area contributed by atoms with Crippen molar-refractivity contribution in [2.45, 2.75) is 32.7 Å². The second-order valence-corrected chi connectivity index (χ2v) is 5.50. The zero-order chi connectivity index (χ0) is 13.3. The molecular formula is C17H19NO. The lowest BCUT2D eigenvalue weighted by molar-refractivity contribution is -0.126. The van der Waals surface area contributed by atoms with Crippen LogP contribution in [0, 0.1) is 5.41 Å².